The van der Waals surface area contributed by atoms with Gasteiger partial charge in [0.15, 0.2) is 0 Å². The lowest BCUT2D eigenvalue weighted by Crippen LogP contribution is -2.35. The Morgan fingerprint density at radius 3 is 2.37 bits per heavy atom. The van der Waals surface area contributed by atoms with Crippen molar-refractivity contribution in [3.63, 3.8) is 0 Å². The second-order valence-electron chi connectivity index (χ2n) is 4.76. The van der Waals surface area contributed by atoms with E-state index in [0.717, 1.165) is 25.7 Å². The zero-order valence-corrected chi connectivity index (χ0v) is 10.8. The highest BCUT2D eigenvalue weighted by Crippen LogP contribution is 2.14. The molecule has 2 heterocycles. The van der Waals surface area contributed by atoms with Crippen LogP contribution in [0.4, 0.5) is 0 Å². The molecule has 1 aliphatic heterocycles. The van der Waals surface area contributed by atoms with E-state index in [9.17, 15) is 9.59 Å². The van der Waals surface area contributed by atoms with Crippen LogP contribution in [0.25, 0.3) is 0 Å². The Morgan fingerprint density at radius 1 is 1.11 bits per heavy atom. The number of aromatic carboxylic acids is 1. The maximum absolute atomic E-state index is 12.4. The van der Waals surface area contributed by atoms with Crippen LogP contribution in [0.2, 0.25) is 0 Å². The molecule has 0 aliphatic carbocycles. The Hall–Kier alpha value is -1.91. The maximum Gasteiger partial charge on any atom is 0.338 e. The standard InChI is InChI=1S/C14H18N2O3/c17-13(16-9-4-2-1-3-5-10-16)12-11(14(18)19)7-6-8-15-12/h6-8H,1-5,9-10H2,(H,18,19). The van der Waals surface area contributed by atoms with E-state index in [1.807, 2.05) is 0 Å². The number of nitrogens with zero attached hydrogens (tertiary/aromatic N) is 2. The molecule has 1 amide bonds. The normalized spacial score (nSPS) is 16.5. The lowest BCUT2D eigenvalue weighted by atomic mass is 10.1. The zero-order chi connectivity index (χ0) is 13.7. The molecule has 1 fully saturated rings. The first-order valence-corrected chi connectivity index (χ1v) is 6.68. The average molecular weight is 262 g/mol. The quantitative estimate of drug-likeness (QED) is 0.886. The number of hydrogen-bond acceptors (Lipinski definition) is 3. The van der Waals surface area contributed by atoms with Crippen molar-refractivity contribution in [3.05, 3.63) is 29.6 Å². The first-order valence-electron chi connectivity index (χ1n) is 6.68. The lowest BCUT2D eigenvalue weighted by molar-refractivity contribution is 0.0668. The molecule has 0 saturated carbocycles. The fraction of sp³-hybridized carbons (Fsp3) is 0.500. The summed E-state index contributed by atoms with van der Waals surface area (Å²) >= 11 is 0. The molecule has 0 atom stereocenters. The molecular weight excluding hydrogens is 244 g/mol. The summed E-state index contributed by atoms with van der Waals surface area (Å²) in [7, 11) is 0. The van der Waals surface area contributed by atoms with Gasteiger partial charge >= 0.3 is 5.97 Å². The van der Waals surface area contributed by atoms with Crippen molar-refractivity contribution in [3.8, 4) is 0 Å². The highest BCUT2D eigenvalue weighted by molar-refractivity contribution is 6.03. The van der Waals surface area contributed by atoms with Crippen LogP contribution in [0.15, 0.2) is 18.3 Å². The van der Waals surface area contributed by atoms with E-state index < -0.39 is 5.97 Å². The van der Waals surface area contributed by atoms with Gasteiger partial charge in [-0.25, -0.2) is 4.79 Å². The van der Waals surface area contributed by atoms with Crippen molar-refractivity contribution >= 4 is 11.9 Å². The van der Waals surface area contributed by atoms with Gasteiger partial charge in [0.05, 0.1) is 5.56 Å². The summed E-state index contributed by atoms with van der Waals surface area (Å²) in [6.07, 6.45) is 6.87. The van der Waals surface area contributed by atoms with Crippen molar-refractivity contribution in [1.82, 2.24) is 9.88 Å². The third-order valence-electron chi connectivity index (χ3n) is 3.38. The van der Waals surface area contributed by atoms with Crippen molar-refractivity contribution < 1.29 is 14.7 Å². The van der Waals surface area contributed by atoms with Crippen molar-refractivity contribution in [2.24, 2.45) is 0 Å². The molecule has 1 aromatic rings. The fourth-order valence-electron chi connectivity index (χ4n) is 2.35. The van der Waals surface area contributed by atoms with Gasteiger partial charge in [-0.3, -0.25) is 9.78 Å². The van der Waals surface area contributed by atoms with E-state index in [-0.39, 0.29) is 17.2 Å². The van der Waals surface area contributed by atoms with Gasteiger partial charge in [-0.05, 0) is 25.0 Å². The number of rotatable bonds is 2. The summed E-state index contributed by atoms with van der Waals surface area (Å²) < 4.78 is 0. The average Bonchev–Trinajstić information content (AvgIpc) is 2.37. The number of pyridine rings is 1. The molecule has 1 saturated heterocycles. The Kier molecular flexibility index (Phi) is 4.49. The SMILES string of the molecule is O=C(O)c1cccnc1C(=O)N1CCCCCCC1. The van der Waals surface area contributed by atoms with E-state index in [2.05, 4.69) is 4.98 Å². The minimum absolute atomic E-state index is 0.0189. The van der Waals surface area contributed by atoms with E-state index in [1.54, 1.807) is 4.90 Å². The molecule has 5 nitrogen and oxygen atoms in total. The van der Waals surface area contributed by atoms with Gasteiger partial charge < -0.3 is 10.0 Å². The van der Waals surface area contributed by atoms with Crippen LogP contribution < -0.4 is 0 Å². The highest BCUT2D eigenvalue weighted by Gasteiger charge is 2.23. The molecule has 0 spiro atoms. The van der Waals surface area contributed by atoms with Crippen LogP contribution in [0, 0.1) is 0 Å². The van der Waals surface area contributed by atoms with Gasteiger partial charge in [0.2, 0.25) is 0 Å². The number of amides is 1. The predicted octanol–water partition coefficient (Wildman–Crippen LogP) is 2.19. The summed E-state index contributed by atoms with van der Waals surface area (Å²) in [6, 6.07) is 2.96. The second-order valence-corrected chi connectivity index (χ2v) is 4.76. The van der Waals surface area contributed by atoms with E-state index in [0.29, 0.717) is 13.1 Å². The van der Waals surface area contributed by atoms with Gasteiger partial charge in [-0.2, -0.15) is 0 Å². The van der Waals surface area contributed by atoms with Crippen LogP contribution in [0.1, 0.15) is 53.0 Å². The number of carbonyl (C=O) groups excluding carboxylic acids is 1. The third kappa shape index (κ3) is 3.30. The summed E-state index contributed by atoms with van der Waals surface area (Å²) in [5, 5.41) is 9.10. The number of carboxylic acids is 1. The van der Waals surface area contributed by atoms with E-state index in [4.69, 9.17) is 5.11 Å². The smallest absolute Gasteiger partial charge is 0.338 e. The molecule has 5 heteroatoms. The van der Waals surface area contributed by atoms with Crippen LogP contribution in [-0.2, 0) is 0 Å². The minimum Gasteiger partial charge on any atom is -0.478 e. The maximum atomic E-state index is 12.4. The van der Waals surface area contributed by atoms with Gasteiger partial charge in [0, 0.05) is 19.3 Å². The molecule has 1 N–H and O–H groups in total. The Morgan fingerprint density at radius 2 is 1.74 bits per heavy atom. The van der Waals surface area contributed by atoms with E-state index in [1.165, 1.54) is 24.8 Å². The summed E-state index contributed by atoms with van der Waals surface area (Å²) in [4.78, 5) is 29.2. The number of carbonyl (C=O) groups is 2. The lowest BCUT2D eigenvalue weighted by Gasteiger charge is -2.24. The van der Waals surface area contributed by atoms with Gasteiger partial charge in [-0.1, -0.05) is 19.3 Å². The summed E-state index contributed by atoms with van der Waals surface area (Å²) in [5.41, 5.74) is 0.0325. The van der Waals surface area contributed by atoms with Crippen LogP contribution in [0.5, 0.6) is 0 Å². The topological polar surface area (TPSA) is 70.5 Å². The zero-order valence-electron chi connectivity index (χ0n) is 10.8. The van der Waals surface area contributed by atoms with Crippen LogP contribution in [-0.4, -0.2) is 40.0 Å². The molecule has 102 valence electrons. The molecular formula is C14H18N2O3. The van der Waals surface area contributed by atoms with Crippen molar-refractivity contribution in [2.75, 3.05) is 13.1 Å². The molecule has 2 rings (SSSR count). The van der Waals surface area contributed by atoms with Crippen molar-refractivity contribution in [1.29, 1.82) is 0 Å². The van der Waals surface area contributed by atoms with E-state index >= 15 is 0 Å². The molecule has 0 aromatic carbocycles. The highest BCUT2D eigenvalue weighted by atomic mass is 16.4. The fourth-order valence-corrected chi connectivity index (χ4v) is 2.35. The Balaban J connectivity index is 2.20. The van der Waals surface area contributed by atoms with Gasteiger partial charge in [0.1, 0.15) is 5.69 Å². The summed E-state index contributed by atoms with van der Waals surface area (Å²) in [6.45, 7) is 1.38. The monoisotopic (exact) mass is 262 g/mol. The van der Waals surface area contributed by atoms with Gasteiger partial charge in [0.25, 0.3) is 5.91 Å². The molecule has 0 unspecified atom stereocenters. The largest absolute Gasteiger partial charge is 0.478 e. The molecule has 1 aromatic heterocycles. The second kappa shape index (κ2) is 6.31. The first-order chi connectivity index (χ1) is 9.20. The van der Waals surface area contributed by atoms with Crippen LogP contribution >= 0.6 is 0 Å². The number of aromatic nitrogens is 1. The van der Waals surface area contributed by atoms with Crippen LogP contribution in [0.3, 0.4) is 0 Å². The predicted molar refractivity (Wildman–Crippen MR) is 70.2 cm³/mol. The molecule has 19 heavy (non-hydrogen) atoms. The summed E-state index contributed by atoms with van der Waals surface area (Å²) in [5.74, 6) is -1.37. The van der Waals surface area contributed by atoms with Crippen molar-refractivity contribution in [2.45, 2.75) is 32.1 Å². The molecule has 1 aliphatic rings. The Bertz CT molecular complexity index is 466. The minimum atomic E-state index is -1.11. The number of hydrogen-bond donors (Lipinski definition) is 1. The molecule has 0 radical (unpaired) electrons. The molecule has 0 bridgehead atoms. The Labute approximate surface area is 112 Å². The number of likely N-dealkylation sites (tertiary alicyclic amines) is 1. The first kappa shape index (κ1) is 13.5. The van der Waals surface area contributed by atoms with Gasteiger partial charge in [-0.15, -0.1) is 0 Å². The number of carboxylic acid groups (broad SMARTS) is 1. The third-order valence-corrected chi connectivity index (χ3v) is 3.38.